The summed E-state index contributed by atoms with van der Waals surface area (Å²) < 4.78 is 0. The van der Waals surface area contributed by atoms with Crippen molar-refractivity contribution in [3.05, 3.63) is 0 Å². The summed E-state index contributed by atoms with van der Waals surface area (Å²) in [6, 6.07) is -6.37. The zero-order chi connectivity index (χ0) is 95.8. The van der Waals surface area contributed by atoms with Gasteiger partial charge in [-0.05, 0) is 219 Å². The topological polar surface area (TPSA) is 706 Å². The second-order valence-corrected chi connectivity index (χ2v) is 28.1. The van der Waals surface area contributed by atoms with Crippen molar-refractivity contribution in [2.45, 2.75) is 297 Å². The van der Waals surface area contributed by atoms with Gasteiger partial charge in [-0.25, -0.2) is 0 Å². The molecule has 0 bridgehead atoms. The number of carbonyl (C=O) groups is 22. The van der Waals surface area contributed by atoms with Gasteiger partial charge in [0.25, 0.3) is 0 Å². The molecule has 44 heteroatoms. The summed E-state index contributed by atoms with van der Waals surface area (Å²) in [5.74, 6) is -10.5. The maximum atomic E-state index is 11.8. The van der Waals surface area contributed by atoms with Gasteiger partial charge in [-0.3, -0.25) is 105 Å². The summed E-state index contributed by atoms with van der Waals surface area (Å²) in [6.07, 6.45) is 1.39. The van der Waals surface area contributed by atoms with Gasteiger partial charge in [0.1, 0.15) is 11.6 Å². The number of ketones is 8. The third kappa shape index (κ3) is 70.6. The number of carboxylic acid groups (broad SMARTS) is 8. The molecule has 692 valence electrons. The number of rotatable bonds is 52. The Morgan fingerprint density at radius 3 is 0.442 bits per heavy atom. The van der Waals surface area contributed by atoms with E-state index >= 15 is 0 Å². The molecule has 120 heavy (non-hydrogen) atoms. The Hall–Kier alpha value is -10.4. The smallest absolute Gasteiger partial charge is 0.303 e. The van der Waals surface area contributed by atoms with Crippen LogP contribution in [0.1, 0.15) is 214 Å². The molecule has 0 aliphatic carbocycles. The number of carboxylic acids is 8. The average molecular weight is 1730 g/mol. The highest BCUT2D eigenvalue weighted by Gasteiger charge is 2.32. The number of likely N-dealkylation sites (N-methyl/N-ethyl adjacent to an activating group) is 8. The van der Waals surface area contributed by atoms with Crippen LogP contribution in [-0.2, 0) is 105 Å². The first-order chi connectivity index (χ1) is 55.1. The van der Waals surface area contributed by atoms with Crippen molar-refractivity contribution in [3.63, 3.8) is 0 Å². The Morgan fingerprint density at radius 1 is 0.217 bits per heavy atom. The average Bonchev–Trinajstić information content (AvgIpc) is 0.870. The maximum absolute atomic E-state index is 11.8. The molecule has 0 heterocycles. The van der Waals surface area contributed by atoms with Gasteiger partial charge in [0.05, 0.1) is 83.6 Å². The molecular weight excluding hydrogens is 1590 g/mol. The van der Waals surface area contributed by atoms with Crippen molar-refractivity contribution in [1.82, 2.24) is 74.4 Å². The molecule has 0 rings (SSSR count). The lowest BCUT2D eigenvalue weighted by Gasteiger charge is -2.26. The number of aliphatic carboxylic acids is 8. The van der Waals surface area contributed by atoms with Crippen molar-refractivity contribution in [2.75, 3.05) is 56.4 Å². The highest BCUT2D eigenvalue weighted by Crippen LogP contribution is 2.09. The Labute approximate surface area is 701 Å². The fourth-order valence-corrected chi connectivity index (χ4v) is 8.31. The van der Waals surface area contributed by atoms with Crippen molar-refractivity contribution in [3.8, 4) is 0 Å². The van der Waals surface area contributed by atoms with Crippen LogP contribution in [0.2, 0.25) is 0 Å². The van der Waals surface area contributed by atoms with E-state index in [1.165, 1.54) is 55.4 Å². The van der Waals surface area contributed by atoms with Gasteiger partial charge < -0.3 is 115 Å². The van der Waals surface area contributed by atoms with Crippen LogP contribution in [0.25, 0.3) is 0 Å². The molecule has 0 aromatic carbocycles. The molecule has 6 amide bonds. The van der Waals surface area contributed by atoms with Gasteiger partial charge in [-0.2, -0.15) is 0 Å². The van der Waals surface area contributed by atoms with Gasteiger partial charge in [-0.1, -0.05) is 0 Å². The lowest BCUT2D eigenvalue weighted by molar-refractivity contribution is -0.138. The Kier molecular flexibility index (Phi) is 73.5. The predicted molar refractivity (Wildman–Crippen MR) is 438 cm³/mol. The molecule has 0 radical (unpaired) electrons. The maximum Gasteiger partial charge on any atom is 0.303 e. The second kappa shape index (κ2) is 70.5. The van der Waals surface area contributed by atoms with Crippen molar-refractivity contribution in [1.29, 1.82) is 0 Å². The summed E-state index contributed by atoms with van der Waals surface area (Å²) in [6.45, 7) is 24.0. The fourth-order valence-electron chi connectivity index (χ4n) is 8.31. The Morgan fingerprint density at radius 2 is 0.342 bits per heavy atom. The van der Waals surface area contributed by atoms with Crippen molar-refractivity contribution in [2.24, 2.45) is 0 Å². The van der Waals surface area contributed by atoms with Crippen LogP contribution in [0.5, 0.6) is 0 Å². The van der Waals surface area contributed by atoms with E-state index in [0.29, 0.717) is 12.8 Å². The van der Waals surface area contributed by atoms with Crippen LogP contribution >= 0.6 is 0 Å². The fraction of sp³-hybridized carbons (Fsp3) is 0.711. The van der Waals surface area contributed by atoms with Gasteiger partial charge in [-0.15, -0.1) is 0 Å². The van der Waals surface area contributed by atoms with E-state index in [1.54, 1.807) is 112 Å². The monoisotopic (exact) mass is 1730 g/mol. The molecular formula is C76H138N14O30. The first-order valence-electron chi connectivity index (χ1n) is 38.1. The molecule has 22 N–H and O–H groups in total. The minimum atomic E-state index is -0.955. The summed E-state index contributed by atoms with van der Waals surface area (Å²) in [7, 11) is 12.7. The second-order valence-electron chi connectivity index (χ2n) is 28.1. The van der Waals surface area contributed by atoms with Crippen LogP contribution in [0.15, 0.2) is 0 Å². The molecule has 0 spiro atoms. The minimum Gasteiger partial charge on any atom is -0.481 e. The van der Waals surface area contributed by atoms with Crippen molar-refractivity contribution < 1.29 is 146 Å². The lowest BCUT2D eigenvalue weighted by Crippen LogP contribution is -2.54. The van der Waals surface area contributed by atoms with E-state index in [9.17, 15) is 105 Å². The van der Waals surface area contributed by atoms with E-state index < -0.39 is 119 Å². The highest BCUT2D eigenvalue weighted by molar-refractivity contribution is 5.95. The van der Waals surface area contributed by atoms with Crippen LogP contribution < -0.4 is 74.4 Å². The first kappa shape index (κ1) is 125. The number of nitrogens with one attached hydrogen (secondary N) is 14. The van der Waals surface area contributed by atoms with E-state index in [4.69, 9.17) is 40.9 Å². The van der Waals surface area contributed by atoms with Crippen LogP contribution in [0.4, 0.5) is 0 Å². The normalized spacial score (nSPS) is 13.4. The third-order valence-electron chi connectivity index (χ3n) is 17.3. The van der Waals surface area contributed by atoms with E-state index in [2.05, 4.69) is 74.4 Å². The Balaban J connectivity index is -0.000000200. The minimum absolute atomic E-state index is 0.0197. The van der Waals surface area contributed by atoms with Gasteiger partial charge >= 0.3 is 47.8 Å². The molecule has 0 unspecified atom stereocenters. The highest BCUT2D eigenvalue weighted by atomic mass is 16.4. The van der Waals surface area contributed by atoms with Gasteiger partial charge in [0.2, 0.25) is 35.4 Å². The number of hydrogen-bond acceptors (Lipinski definition) is 30. The third-order valence-corrected chi connectivity index (χ3v) is 17.3. The molecule has 0 aliphatic rings. The van der Waals surface area contributed by atoms with E-state index in [0.717, 1.165) is 0 Å². The van der Waals surface area contributed by atoms with Crippen LogP contribution in [-0.4, -0.2) is 310 Å². The van der Waals surface area contributed by atoms with Crippen molar-refractivity contribution >= 4 is 129 Å². The molecule has 12 atom stereocenters. The van der Waals surface area contributed by atoms with E-state index in [-0.39, 0.29) is 184 Å². The molecule has 0 aliphatic heterocycles. The summed E-state index contributed by atoms with van der Waals surface area (Å²) in [5.41, 5.74) is -1.87. The van der Waals surface area contributed by atoms with Crippen LogP contribution in [0.3, 0.4) is 0 Å². The summed E-state index contributed by atoms with van der Waals surface area (Å²) >= 11 is 0. The summed E-state index contributed by atoms with van der Waals surface area (Å²) in [5, 5.41) is 105. The number of amides is 6. The zero-order valence-corrected chi connectivity index (χ0v) is 73.8. The first-order valence-corrected chi connectivity index (χ1v) is 38.1. The molecule has 0 aromatic heterocycles. The zero-order valence-electron chi connectivity index (χ0n) is 73.8. The molecule has 0 saturated heterocycles. The molecule has 0 saturated carbocycles. The predicted octanol–water partition coefficient (Wildman–Crippen LogP) is -1.97. The largest absolute Gasteiger partial charge is 0.481 e. The van der Waals surface area contributed by atoms with Gasteiger partial charge in [0, 0.05) is 51.4 Å². The summed E-state index contributed by atoms with van der Waals surface area (Å²) in [4.78, 5) is 240. The number of Topliss-reactive ketones (excluding diaryl/α,β-unsaturated/α-hetero) is 8. The lowest BCUT2D eigenvalue weighted by atomic mass is 9.99. The molecule has 0 fully saturated rings. The van der Waals surface area contributed by atoms with Gasteiger partial charge in [0.15, 0.2) is 34.7 Å². The van der Waals surface area contributed by atoms with Crippen LogP contribution in [0, 0.1) is 0 Å². The molecule has 44 nitrogen and oxygen atoms in total. The van der Waals surface area contributed by atoms with E-state index in [1.807, 2.05) is 0 Å². The SMILES string of the molecule is CN[C@@H](CCC(=O)O)C(=O)NC(C)(C)C(C)=O.CN[C@@H](CCC(=O)O)C(=O)N[C@@H](C)C(C)=O.CN[C@@H](CCC(=O)O)C(=O)N[C@H](C)C(C)=O.CN[C@@H](CCC(=O)O)C(C)=O.CN[C@H](CCC(=O)O)C(=O)NC(C)(C)C(C)=O.CN[C@H](CCC(=O)O)C(=O)N[C@@H](C)C(C)=O.CN[C@H](CCC(=O)O)C(=O)N[C@H](C)C(C)=O.CN[C@H](CCC(=O)O)C(C)=O. The number of carbonyl (C=O) groups excluding carboxylic acids is 14. The standard InChI is InChI=1S/2C11H20N2O4.4C10H18N2O4.2C7H13NO3/c2*1-7(14)11(2,3)13-10(17)8(12-4)5-6-9(15)16;4*1-6(7(2)13)12-10(16)8(11-3)4-5-9(14)15;2*1-5(9)6(8-2)3-4-7(10)11/h2*8,12H,5-6H2,1-4H3,(H,13,17)(H,15,16);4*6,8,11H,4-5H2,1-3H3,(H,12,16)(H,14,15);2*6,8H,3-4H2,1-2H3,(H,10,11)/t2*8-;2*6-,8+;2*6-,8-;2*6-/m10101010/s1. The molecule has 0 aromatic rings. The Bertz CT molecular complexity index is 2980. The number of hydrogen-bond donors (Lipinski definition) is 22. The quantitative estimate of drug-likeness (QED) is 0.0314.